The van der Waals surface area contributed by atoms with Crippen LogP contribution in [0.25, 0.3) is 0 Å². The quantitative estimate of drug-likeness (QED) is 0.511. The van der Waals surface area contributed by atoms with Crippen molar-refractivity contribution in [3.63, 3.8) is 0 Å². The van der Waals surface area contributed by atoms with Crippen LogP contribution in [0.4, 0.5) is 0 Å². The van der Waals surface area contributed by atoms with E-state index >= 15 is 0 Å². The molecule has 0 spiro atoms. The number of aromatic nitrogens is 1. The van der Waals surface area contributed by atoms with Gasteiger partial charge in [-0.1, -0.05) is 0 Å². The Bertz CT molecular complexity index is 555. The van der Waals surface area contributed by atoms with Crippen LogP contribution in [-0.2, 0) is 21.4 Å². The molecule has 1 amide bonds. The first kappa shape index (κ1) is 10.9. The third-order valence-electron chi connectivity index (χ3n) is 2.13. The number of nitrogens with zero attached hydrogens (tertiary/aromatic N) is 1. The van der Waals surface area contributed by atoms with Crippen LogP contribution < -0.4 is 15.2 Å². The number of esters is 2. The van der Waals surface area contributed by atoms with Crippen molar-refractivity contribution in [1.29, 1.82) is 0 Å². The first-order valence-electron chi connectivity index (χ1n) is 4.60. The number of aryl methyl sites for hydroxylation is 1. The van der Waals surface area contributed by atoms with Crippen LogP contribution in [0, 0.1) is 0 Å². The Hall–Kier alpha value is -2.57. The molecule has 17 heavy (non-hydrogen) atoms. The average Bonchev–Trinajstić information content (AvgIpc) is 2.55. The summed E-state index contributed by atoms with van der Waals surface area (Å²) in [7, 11) is 1.61. The summed E-state index contributed by atoms with van der Waals surface area (Å²) in [6, 6.07) is 1.43. The van der Waals surface area contributed by atoms with Crippen molar-refractivity contribution in [3.05, 3.63) is 23.9 Å². The van der Waals surface area contributed by atoms with Gasteiger partial charge in [0.25, 0.3) is 5.91 Å². The van der Waals surface area contributed by atoms with Crippen molar-refractivity contribution in [2.45, 2.75) is 0 Å². The molecule has 0 unspecified atom stereocenters. The van der Waals surface area contributed by atoms with E-state index in [2.05, 4.69) is 0 Å². The van der Waals surface area contributed by atoms with Crippen LogP contribution in [0.1, 0.15) is 0 Å². The summed E-state index contributed by atoms with van der Waals surface area (Å²) in [5.41, 5.74) is 4.39. The highest BCUT2D eigenvalue weighted by Gasteiger charge is 2.26. The molecule has 2 N–H and O–H groups in total. The van der Waals surface area contributed by atoms with Crippen LogP contribution >= 0.6 is 0 Å². The highest BCUT2D eigenvalue weighted by atomic mass is 16.6. The Morgan fingerprint density at radius 2 is 2.06 bits per heavy atom. The molecule has 2 rings (SSSR count). The molecule has 0 saturated carbocycles. The number of rotatable bonds is 1. The zero-order valence-electron chi connectivity index (χ0n) is 8.80. The highest BCUT2D eigenvalue weighted by Crippen LogP contribution is 2.29. The molecule has 88 valence electrons. The second-order valence-corrected chi connectivity index (χ2v) is 3.33. The molecule has 7 nitrogen and oxygen atoms in total. The van der Waals surface area contributed by atoms with Gasteiger partial charge in [-0.2, -0.15) is 0 Å². The second kappa shape index (κ2) is 3.78. The minimum Gasteiger partial charge on any atom is -0.417 e. The van der Waals surface area contributed by atoms with Gasteiger partial charge < -0.3 is 19.8 Å². The Labute approximate surface area is 95.4 Å². The third kappa shape index (κ3) is 1.89. The summed E-state index contributed by atoms with van der Waals surface area (Å²) in [6.45, 7) is 0. The Kier molecular flexibility index (Phi) is 2.43. The zero-order valence-corrected chi connectivity index (χ0v) is 8.80. The molecule has 0 aliphatic carbocycles. The fourth-order valence-electron chi connectivity index (χ4n) is 1.32. The number of hydrogen-bond donors (Lipinski definition) is 1. The van der Waals surface area contributed by atoms with Gasteiger partial charge in [-0.15, -0.1) is 0 Å². The summed E-state index contributed by atoms with van der Waals surface area (Å²) >= 11 is 0. The van der Waals surface area contributed by atoms with Crippen molar-refractivity contribution in [2.75, 3.05) is 0 Å². The Balaban J connectivity index is 2.47. The first-order valence-corrected chi connectivity index (χ1v) is 4.60. The van der Waals surface area contributed by atoms with Crippen molar-refractivity contribution in [3.8, 4) is 11.6 Å². The van der Waals surface area contributed by atoms with E-state index in [0.717, 1.165) is 0 Å². The van der Waals surface area contributed by atoms with E-state index in [0.29, 0.717) is 6.08 Å². The minimum absolute atomic E-state index is 0.0534. The summed E-state index contributed by atoms with van der Waals surface area (Å²) in [4.78, 5) is 33.8. The van der Waals surface area contributed by atoms with E-state index in [9.17, 15) is 14.4 Å². The van der Waals surface area contributed by atoms with Crippen molar-refractivity contribution in [2.24, 2.45) is 12.8 Å². The van der Waals surface area contributed by atoms with Gasteiger partial charge in [0.2, 0.25) is 5.88 Å². The minimum atomic E-state index is -1.05. The molecule has 0 aromatic carbocycles. The van der Waals surface area contributed by atoms with Gasteiger partial charge >= 0.3 is 11.9 Å². The predicted molar refractivity (Wildman–Crippen MR) is 54.0 cm³/mol. The van der Waals surface area contributed by atoms with E-state index in [1.165, 1.54) is 10.6 Å². The molecule has 1 aliphatic rings. The molecular weight excluding hydrogens is 228 g/mol. The Morgan fingerprint density at radius 3 is 2.71 bits per heavy atom. The van der Waals surface area contributed by atoms with Crippen LogP contribution in [0.3, 0.4) is 0 Å². The van der Waals surface area contributed by atoms with Gasteiger partial charge in [0.05, 0.1) is 0 Å². The summed E-state index contributed by atoms with van der Waals surface area (Å²) in [5, 5.41) is 0. The fraction of sp³-hybridized carbons (Fsp3) is 0.100. The normalized spacial score (nSPS) is 18.1. The maximum Gasteiger partial charge on any atom is 0.349 e. The molecule has 0 fully saturated rings. The Morgan fingerprint density at radius 1 is 1.35 bits per heavy atom. The lowest BCUT2D eigenvalue weighted by Crippen LogP contribution is -2.27. The lowest BCUT2D eigenvalue weighted by atomic mass is 10.2. The first-order chi connectivity index (χ1) is 7.99. The maximum absolute atomic E-state index is 11.5. The van der Waals surface area contributed by atoms with E-state index in [4.69, 9.17) is 15.2 Å². The SMILES string of the molecule is Cn1ccc2c1OC(=O)/C=C(/C(N)=O)C(=O)O2. The molecule has 0 radical (unpaired) electrons. The fourth-order valence-corrected chi connectivity index (χ4v) is 1.32. The van der Waals surface area contributed by atoms with E-state index in [1.807, 2.05) is 0 Å². The monoisotopic (exact) mass is 236 g/mol. The number of primary amides is 1. The average molecular weight is 236 g/mol. The molecule has 1 aliphatic heterocycles. The number of carbonyl (C=O) groups excluding carboxylic acids is 3. The number of carbonyl (C=O) groups is 3. The van der Waals surface area contributed by atoms with Gasteiger partial charge in [0.15, 0.2) is 5.75 Å². The molecular formula is C10H8N2O5. The topological polar surface area (TPSA) is 101 Å². The molecule has 1 aromatic rings. The van der Waals surface area contributed by atoms with E-state index in [-0.39, 0.29) is 11.6 Å². The van der Waals surface area contributed by atoms with Crippen molar-refractivity contribution < 1.29 is 23.9 Å². The highest BCUT2D eigenvalue weighted by molar-refractivity contribution is 6.19. The third-order valence-corrected chi connectivity index (χ3v) is 2.13. The largest absolute Gasteiger partial charge is 0.417 e. The van der Waals surface area contributed by atoms with Crippen LogP contribution in [0.5, 0.6) is 11.6 Å². The number of fused-ring (bicyclic) bond motifs is 1. The van der Waals surface area contributed by atoms with Crippen LogP contribution in [-0.4, -0.2) is 22.4 Å². The lowest BCUT2D eigenvalue weighted by Gasteiger charge is -2.11. The van der Waals surface area contributed by atoms with Gasteiger partial charge in [0, 0.05) is 25.4 Å². The number of nitrogens with two attached hydrogens (primary N) is 1. The van der Waals surface area contributed by atoms with Gasteiger partial charge in [-0.25, -0.2) is 9.59 Å². The molecule has 1 aromatic heterocycles. The smallest absolute Gasteiger partial charge is 0.349 e. The van der Waals surface area contributed by atoms with Crippen molar-refractivity contribution in [1.82, 2.24) is 4.57 Å². The molecule has 0 atom stereocenters. The van der Waals surface area contributed by atoms with Gasteiger partial charge in [0.1, 0.15) is 5.57 Å². The number of ether oxygens (including phenoxy) is 2. The van der Waals surface area contributed by atoms with Crippen LogP contribution in [0.15, 0.2) is 23.9 Å². The summed E-state index contributed by atoms with van der Waals surface area (Å²) in [6.07, 6.45) is 2.25. The summed E-state index contributed by atoms with van der Waals surface area (Å²) in [5.74, 6) is -2.76. The predicted octanol–water partition coefficient (Wildman–Crippen LogP) is -0.739. The summed E-state index contributed by atoms with van der Waals surface area (Å²) < 4.78 is 11.2. The maximum atomic E-state index is 11.5. The lowest BCUT2D eigenvalue weighted by molar-refractivity contribution is -0.136. The van der Waals surface area contributed by atoms with E-state index in [1.54, 1.807) is 13.2 Å². The standard InChI is InChI=1S/C10H8N2O5/c1-12-3-2-6-9(12)17-7(13)4-5(8(11)14)10(15)16-6/h2-4H,1H3,(H2,11,14)/b5-4-. The second-order valence-electron chi connectivity index (χ2n) is 3.33. The van der Waals surface area contributed by atoms with Crippen molar-refractivity contribution >= 4 is 17.8 Å². The molecule has 2 heterocycles. The van der Waals surface area contributed by atoms with E-state index < -0.39 is 23.4 Å². The molecule has 0 bridgehead atoms. The number of amides is 1. The van der Waals surface area contributed by atoms with Gasteiger partial charge in [-0.3, -0.25) is 4.79 Å². The molecule has 7 heteroatoms. The zero-order chi connectivity index (χ0) is 12.6. The number of hydrogen-bond acceptors (Lipinski definition) is 5. The molecule has 0 saturated heterocycles. The van der Waals surface area contributed by atoms with Crippen LogP contribution in [0.2, 0.25) is 0 Å². The van der Waals surface area contributed by atoms with Gasteiger partial charge in [-0.05, 0) is 0 Å².